The summed E-state index contributed by atoms with van der Waals surface area (Å²) in [5.74, 6) is -0.186. The molecular weight excluding hydrogens is 258 g/mol. The van der Waals surface area contributed by atoms with Crippen LogP contribution in [0.15, 0.2) is 18.2 Å². The largest absolute Gasteiger partial charge is 0.496 e. The van der Waals surface area contributed by atoms with Crippen LogP contribution < -0.4 is 10.1 Å². The van der Waals surface area contributed by atoms with Crippen molar-refractivity contribution in [3.05, 3.63) is 29.3 Å². The van der Waals surface area contributed by atoms with Gasteiger partial charge in [-0.3, -0.25) is 9.59 Å². The maximum Gasteiger partial charge on any atom is 0.305 e. The number of carboxylic acids is 1. The molecule has 0 aliphatic rings. The molecule has 0 aliphatic carbocycles. The lowest BCUT2D eigenvalue weighted by atomic mass is 10.0. The van der Waals surface area contributed by atoms with Gasteiger partial charge >= 0.3 is 5.97 Å². The molecule has 0 saturated heterocycles. The molecule has 0 radical (unpaired) electrons. The Kier molecular flexibility index (Phi) is 6.56. The molecule has 0 aliphatic heterocycles. The number of carbonyl (C=O) groups is 2. The first-order valence-electron chi connectivity index (χ1n) is 6.65. The number of aryl methyl sites for hydroxylation is 2. The Bertz CT molecular complexity index is 471. The van der Waals surface area contributed by atoms with Gasteiger partial charge in [0, 0.05) is 13.0 Å². The van der Waals surface area contributed by atoms with Gasteiger partial charge in [0.25, 0.3) is 0 Å². The first kappa shape index (κ1) is 16.0. The highest BCUT2D eigenvalue weighted by atomic mass is 16.5. The molecule has 0 atom stereocenters. The maximum absolute atomic E-state index is 11.5. The van der Waals surface area contributed by atoms with Crippen LogP contribution >= 0.6 is 0 Å². The van der Waals surface area contributed by atoms with Crippen LogP contribution in [0.3, 0.4) is 0 Å². The molecule has 0 aromatic heterocycles. The third-order valence-corrected chi connectivity index (χ3v) is 2.95. The Labute approximate surface area is 118 Å². The molecule has 0 unspecified atom stereocenters. The van der Waals surface area contributed by atoms with Crippen molar-refractivity contribution in [1.82, 2.24) is 5.32 Å². The van der Waals surface area contributed by atoms with Crippen LogP contribution in [0.1, 0.15) is 30.4 Å². The second-order valence-electron chi connectivity index (χ2n) is 4.66. The number of nitrogens with one attached hydrogen (secondary N) is 1. The smallest absolute Gasteiger partial charge is 0.305 e. The third kappa shape index (κ3) is 5.73. The minimum absolute atomic E-state index is 0.0442. The van der Waals surface area contributed by atoms with Gasteiger partial charge in [-0.25, -0.2) is 0 Å². The highest BCUT2D eigenvalue weighted by Gasteiger charge is 2.06. The molecule has 1 rings (SSSR count). The van der Waals surface area contributed by atoms with Crippen LogP contribution in [0.4, 0.5) is 0 Å². The van der Waals surface area contributed by atoms with Crippen molar-refractivity contribution in [3.63, 3.8) is 0 Å². The van der Waals surface area contributed by atoms with Crippen LogP contribution in [0, 0.1) is 6.92 Å². The van der Waals surface area contributed by atoms with Crippen molar-refractivity contribution < 1.29 is 19.4 Å². The number of ether oxygens (including phenoxy) is 1. The number of methoxy groups -OCH3 is 1. The van der Waals surface area contributed by atoms with E-state index in [1.807, 2.05) is 19.1 Å². The van der Waals surface area contributed by atoms with E-state index in [0.717, 1.165) is 23.3 Å². The quantitative estimate of drug-likeness (QED) is 0.762. The zero-order chi connectivity index (χ0) is 15.0. The van der Waals surface area contributed by atoms with Gasteiger partial charge in [0.15, 0.2) is 0 Å². The molecule has 0 saturated carbocycles. The molecule has 20 heavy (non-hydrogen) atoms. The predicted molar refractivity (Wildman–Crippen MR) is 75.9 cm³/mol. The van der Waals surface area contributed by atoms with E-state index in [0.29, 0.717) is 12.8 Å². The lowest BCUT2D eigenvalue weighted by Crippen LogP contribution is -2.25. The first-order chi connectivity index (χ1) is 9.52. The maximum atomic E-state index is 11.5. The van der Waals surface area contributed by atoms with E-state index >= 15 is 0 Å². The fourth-order valence-corrected chi connectivity index (χ4v) is 1.94. The molecule has 0 bridgehead atoms. The van der Waals surface area contributed by atoms with E-state index in [-0.39, 0.29) is 18.9 Å². The number of carbonyl (C=O) groups excluding carboxylic acids is 1. The Hall–Kier alpha value is -2.04. The Morgan fingerprint density at radius 3 is 2.70 bits per heavy atom. The zero-order valence-electron chi connectivity index (χ0n) is 11.9. The Morgan fingerprint density at radius 2 is 2.05 bits per heavy atom. The van der Waals surface area contributed by atoms with Gasteiger partial charge in [0.1, 0.15) is 5.75 Å². The van der Waals surface area contributed by atoms with Crippen LogP contribution in [-0.4, -0.2) is 30.6 Å². The van der Waals surface area contributed by atoms with Gasteiger partial charge in [0.05, 0.1) is 13.5 Å². The normalized spacial score (nSPS) is 10.1. The summed E-state index contributed by atoms with van der Waals surface area (Å²) in [7, 11) is 1.63. The molecule has 1 aromatic carbocycles. The van der Waals surface area contributed by atoms with E-state index < -0.39 is 5.97 Å². The number of aliphatic carboxylic acids is 1. The molecule has 110 valence electrons. The topological polar surface area (TPSA) is 75.6 Å². The van der Waals surface area contributed by atoms with E-state index in [4.69, 9.17) is 9.84 Å². The number of hydrogen-bond acceptors (Lipinski definition) is 3. The predicted octanol–water partition coefficient (Wildman–Crippen LogP) is 1.92. The minimum Gasteiger partial charge on any atom is -0.496 e. The van der Waals surface area contributed by atoms with Crippen molar-refractivity contribution >= 4 is 11.9 Å². The summed E-state index contributed by atoms with van der Waals surface area (Å²) in [5.41, 5.74) is 2.25. The number of benzene rings is 1. The molecule has 5 nitrogen and oxygen atoms in total. The zero-order valence-corrected chi connectivity index (χ0v) is 11.9. The van der Waals surface area contributed by atoms with Crippen LogP contribution in [-0.2, 0) is 16.0 Å². The van der Waals surface area contributed by atoms with Gasteiger partial charge < -0.3 is 15.2 Å². The number of carboxylic acid groups (broad SMARTS) is 1. The molecule has 0 heterocycles. The second kappa shape index (κ2) is 8.19. The van der Waals surface area contributed by atoms with Gasteiger partial charge in [-0.2, -0.15) is 0 Å². The van der Waals surface area contributed by atoms with Crippen molar-refractivity contribution in [2.75, 3.05) is 13.7 Å². The lowest BCUT2D eigenvalue weighted by Gasteiger charge is -2.09. The molecule has 1 amide bonds. The summed E-state index contributed by atoms with van der Waals surface area (Å²) in [6, 6.07) is 5.97. The second-order valence-corrected chi connectivity index (χ2v) is 4.66. The molecule has 0 fully saturated rings. The molecule has 1 aromatic rings. The van der Waals surface area contributed by atoms with Gasteiger partial charge in [0.2, 0.25) is 5.91 Å². The Balaban J connectivity index is 2.35. The van der Waals surface area contributed by atoms with E-state index in [2.05, 4.69) is 11.4 Å². The van der Waals surface area contributed by atoms with Crippen LogP contribution in [0.5, 0.6) is 5.75 Å². The lowest BCUT2D eigenvalue weighted by molar-refractivity contribution is -0.136. The number of amides is 1. The van der Waals surface area contributed by atoms with Crippen LogP contribution in [0.25, 0.3) is 0 Å². The van der Waals surface area contributed by atoms with Crippen molar-refractivity contribution in [3.8, 4) is 5.75 Å². The van der Waals surface area contributed by atoms with Crippen molar-refractivity contribution in [2.24, 2.45) is 0 Å². The summed E-state index contributed by atoms with van der Waals surface area (Å²) in [6.07, 6.45) is 1.81. The fourth-order valence-electron chi connectivity index (χ4n) is 1.94. The number of rotatable bonds is 8. The highest BCUT2D eigenvalue weighted by Crippen LogP contribution is 2.21. The van der Waals surface area contributed by atoms with Crippen LogP contribution in [0.2, 0.25) is 0 Å². The highest BCUT2D eigenvalue weighted by molar-refractivity contribution is 5.76. The van der Waals surface area contributed by atoms with Gasteiger partial charge in [-0.15, -0.1) is 0 Å². The molecule has 2 N–H and O–H groups in total. The third-order valence-electron chi connectivity index (χ3n) is 2.95. The SMILES string of the molecule is COc1ccc(C)cc1CCCC(=O)NCCC(=O)O. The van der Waals surface area contributed by atoms with Crippen molar-refractivity contribution in [2.45, 2.75) is 32.6 Å². The summed E-state index contributed by atoms with van der Waals surface area (Å²) >= 11 is 0. The first-order valence-corrected chi connectivity index (χ1v) is 6.65. The van der Waals surface area contributed by atoms with E-state index in [1.54, 1.807) is 7.11 Å². The number of hydrogen-bond donors (Lipinski definition) is 2. The summed E-state index contributed by atoms with van der Waals surface area (Å²) < 4.78 is 5.28. The average molecular weight is 279 g/mol. The monoisotopic (exact) mass is 279 g/mol. The fraction of sp³-hybridized carbons (Fsp3) is 0.467. The Morgan fingerprint density at radius 1 is 1.30 bits per heavy atom. The van der Waals surface area contributed by atoms with E-state index in [1.165, 1.54) is 0 Å². The molecule has 0 spiro atoms. The van der Waals surface area contributed by atoms with Crippen molar-refractivity contribution in [1.29, 1.82) is 0 Å². The van der Waals surface area contributed by atoms with Gasteiger partial charge in [-0.05, 0) is 31.4 Å². The molecular formula is C15H21NO4. The minimum atomic E-state index is -0.908. The average Bonchev–Trinajstić information content (AvgIpc) is 2.38. The van der Waals surface area contributed by atoms with Gasteiger partial charge in [-0.1, -0.05) is 17.7 Å². The standard InChI is InChI=1S/C15H21NO4/c1-11-6-7-13(20-2)12(10-11)4-3-5-14(17)16-9-8-15(18)19/h6-7,10H,3-5,8-9H2,1-2H3,(H,16,17)(H,18,19). The summed E-state index contributed by atoms with van der Waals surface area (Å²) in [4.78, 5) is 21.8. The van der Waals surface area contributed by atoms with E-state index in [9.17, 15) is 9.59 Å². The summed E-state index contributed by atoms with van der Waals surface area (Å²) in [5, 5.41) is 11.1. The summed E-state index contributed by atoms with van der Waals surface area (Å²) in [6.45, 7) is 2.20. The molecule has 5 heteroatoms.